The van der Waals surface area contributed by atoms with Gasteiger partial charge in [0.25, 0.3) is 0 Å². The van der Waals surface area contributed by atoms with Crippen molar-refractivity contribution < 1.29 is 23.5 Å². The first kappa shape index (κ1) is 24.3. The van der Waals surface area contributed by atoms with E-state index in [2.05, 4.69) is 12.2 Å². The minimum absolute atomic E-state index is 0.0424. The lowest BCUT2D eigenvalue weighted by Gasteiger charge is -2.36. The van der Waals surface area contributed by atoms with Crippen molar-refractivity contribution in [1.29, 1.82) is 0 Å². The van der Waals surface area contributed by atoms with Gasteiger partial charge in [-0.3, -0.25) is 9.59 Å². The third-order valence-electron chi connectivity index (χ3n) is 6.51. The summed E-state index contributed by atoms with van der Waals surface area (Å²) in [6, 6.07) is 12.0. The Morgan fingerprint density at radius 3 is 2.44 bits per heavy atom. The summed E-state index contributed by atoms with van der Waals surface area (Å²) in [4.78, 5) is 28.0. The van der Waals surface area contributed by atoms with Crippen LogP contribution in [-0.4, -0.2) is 47.9 Å². The Hall–Kier alpha value is -2.80. The number of rotatable bonds is 7. The predicted octanol–water partition coefficient (Wildman–Crippen LogP) is 4.47. The summed E-state index contributed by atoms with van der Waals surface area (Å²) < 4.78 is 25.5. The first-order chi connectivity index (χ1) is 16.4. The van der Waals surface area contributed by atoms with Crippen molar-refractivity contribution in [2.24, 2.45) is 5.92 Å². The second-order valence-electron chi connectivity index (χ2n) is 9.10. The van der Waals surface area contributed by atoms with Gasteiger partial charge in [-0.2, -0.15) is 0 Å². The Labute approximate surface area is 204 Å². The van der Waals surface area contributed by atoms with Gasteiger partial charge >= 0.3 is 0 Å². The highest BCUT2D eigenvalue weighted by Gasteiger charge is 2.36. The topological polar surface area (TPSA) is 67.9 Å². The van der Waals surface area contributed by atoms with E-state index in [1.54, 1.807) is 6.07 Å². The van der Waals surface area contributed by atoms with Crippen molar-refractivity contribution in [3.05, 3.63) is 59.9 Å². The molecule has 2 amide bonds. The summed E-state index contributed by atoms with van der Waals surface area (Å²) in [5.41, 5.74) is 0.513. The van der Waals surface area contributed by atoms with E-state index in [1.165, 1.54) is 29.2 Å². The van der Waals surface area contributed by atoms with Crippen LogP contribution in [0, 0.1) is 11.7 Å². The highest BCUT2D eigenvalue weighted by molar-refractivity contribution is 6.27. The van der Waals surface area contributed by atoms with Crippen LogP contribution in [0.15, 0.2) is 48.5 Å². The molecule has 8 heteroatoms. The van der Waals surface area contributed by atoms with Crippen LogP contribution in [0.1, 0.15) is 44.2 Å². The fourth-order valence-corrected chi connectivity index (χ4v) is 4.76. The summed E-state index contributed by atoms with van der Waals surface area (Å²) in [6.07, 6.45) is 3.38. The molecule has 1 aliphatic carbocycles. The molecule has 2 aliphatic rings. The SMILES string of the molecule is CC1CCC(NC(=O)[C@@H](c2ccc(F)cc2)N(C[C@@H]2COc3ccccc3O2)C(=O)CCl)CC1. The van der Waals surface area contributed by atoms with Gasteiger partial charge in [0, 0.05) is 6.04 Å². The molecule has 0 radical (unpaired) electrons. The molecule has 4 rings (SSSR count). The lowest BCUT2D eigenvalue weighted by molar-refractivity contribution is -0.141. The number of nitrogens with one attached hydrogen (secondary N) is 1. The second-order valence-corrected chi connectivity index (χ2v) is 9.36. The number of alkyl halides is 1. The molecule has 182 valence electrons. The zero-order chi connectivity index (χ0) is 24.1. The Bertz CT molecular complexity index is 995. The van der Waals surface area contributed by atoms with Crippen LogP contribution < -0.4 is 14.8 Å². The number of benzene rings is 2. The standard InChI is InChI=1S/C26H30ClFN2O4/c1-17-6-12-20(13-7-17)29-26(32)25(18-8-10-19(28)11-9-18)30(24(31)14-27)15-21-16-33-22-4-2-3-5-23(22)34-21/h2-5,8-11,17,20-21,25H,6-7,12-16H2,1H3,(H,29,32)/t17?,20?,21-,25-/m1/s1. The Morgan fingerprint density at radius 2 is 1.76 bits per heavy atom. The molecule has 1 aliphatic heterocycles. The average Bonchev–Trinajstić information content (AvgIpc) is 2.85. The average molecular weight is 489 g/mol. The highest BCUT2D eigenvalue weighted by Crippen LogP contribution is 2.32. The van der Waals surface area contributed by atoms with E-state index in [0.29, 0.717) is 23.0 Å². The van der Waals surface area contributed by atoms with E-state index >= 15 is 0 Å². The largest absolute Gasteiger partial charge is 0.486 e. The van der Waals surface area contributed by atoms with Crippen LogP contribution in [0.5, 0.6) is 11.5 Å². The number of nitrogens with zero attached hydrogens (tertiary/aromatic N) is 1. The van der Waals surface area contributed by atoms with Crippen LogP contribution in [0.3, 0.4) is 0 Å². The van der Waals surface area contributed by atoms with Gasteiger partial charge < -0.3 is 19.7 Å². The van der Waals surface area contributed by atoms with Crippen molar-refractivity contribution in [2.45, 2.75) is 50.8 Å². The highest BCUT2D eigenvalue weighted by atomic mass is 35.5. The third-order valence-corrected chi connectivity index (χ3v) is 6.74. The van der Waals surface area contributed by atoms with Crippen molar-refractivity contribution in [1.82, 2.24) is 10.2 Å². The van der Waals surface area contributed by atoms with E-state index in [-0.39, 0.29) is 31.0 Å². The molecule has 0 saturated heterocycles. The number of carbonyl (C=O) groups is 2. The number of hydrogen-bond donors (Lipinski definition) is 1. The molecule has 2 atom stereocenters. The number of carbonyl (C=O) groups excluding carboxylic acids is 2. The van der Waals surface area contributed by atoms with Gasteiger partial charge in [0.1, 0.15) is 24.3 Å². The fourth-order valence-electron chi connectivity index (χ4n) is 4.60. The number of amides is 2. The molecule has 1 heterocycles. The molecular formula is C26H30ClFN2O4. The minimum Gasteiger partial charge on any atom is -0.486 e. The molecule has 0 unspecified atom stereocenters. The van der Waals surface area contributed by atoms with E-state index in [1.807, 2.05) is 18.2 Å². The zero-order valence-electron chi connectivity index (χ0n) is 19.2. The zero-order valence-corrected chi connectivity index (χ0v) is 20.0. The molecule has 0 aromatic heterocycles. The molecule has 1 fully saturated rings. The third kappa shape index (κ3) is 5.81. The van der Waals surface area contributed by atoms with Crippen LogP contribution in [0.25, 0.3) is 0 Å². The number of hydrogen-bond acceptors (Lipinski definition) is 4. The Kier molecular flexibility index (Phi) is 7.93. The summed E-state index contributed by atoms with van der Waals surface area (Å²) in [7, 11) is 0. The van der Waals surface area contributed by atoms with Gasteiger partial charge in [-0.05, 0) is 61.4 Å². The molecule has 2 aromatic carbocycles. The number of ether oxygens (including phenoxy) is 2. The summed E-state index contributed by atoms with van der Waals surface area (Å²) >= 11 is 5.96. The lowest BCUT2D eigenvalue weighted by atomic mass is 9.87. The summed E-state index contributed by atoms with van der Waals surface area (Å²) in [6.45, 7) is 2.53. The quantitative estimate of drug-likeness (QED) is 0.584. The van der Waals surface area contributed by atoms with E-state index in [4.69, 9.17) is 21.1 Å². The molecule has 2 aromatic rings. The number of halogens is 2. The predicted molar refractivity (Wildman–Crippen MR) is 127 cm³/mol. The second kappa shape index (κ2) is 11.1. The molecular weight excluding hydrogens is 459 g/mol. The van der Waals surface area contributed by atoms with Crippen LogP contribution in [-0.2, 0) is 9.59 Å². The van der Waals surface area contributed by atoms with Gasteiger partial charge in [0.05, 0.1) is 6.54 Å². The van der Waals surface area contributed by atoms with Crippen molar-refractivity contribution >= 4 is 23.4 Å². The van der Waals surface area contributed by atoms with Crippen LogP contribution >= 0.6 is 11.6 Å². The van der Waals surface area contributed by atoms with E-state index in [9.17, 15) is 14.0 Å². The Balaban J connectivity index is 1.58. The smallest absolute Gasteiger partial charge is 0.247 e. The maximum Gasteiger partial charge on any atom is 0.247 e. The number of para-hydroxylation sites is 2. The van der Waals surface area contributed by atoms with Crippen LogP contribution in [0.4, 0.5) is 4.39 Å². The Morgan fingerprint density at radius 1 is 1.09 bits per heavy atom. The van der Waals surface area contributed by atoms with E-state index < -0.39 is 23.9 Å². The van der Waals surface area contributed by atoms with Gasteiger partial charge in [0.15, 0.2) is 17.6 Å². The summed E-state index contributed by atoms with van der Waals surface area (Å²) in [5, 5.41) is 3.12. The molecule has 34 heavy (non-hydrogen) atoms. The van der Waals surface area contributed by atoms with Crippen LogP contribution in [0.2, 0.25) is 0 Å². The monoisotopic (exact) mass is 488 g/mol. The van der Waals surface area contributed by atoms with Crippen molar-refractivity contribution in [3.63, 3.8) is 0 Å². The minimum atomic E-state index is -0.966. The van der Waals surface area contributed by atoms with Gasteiger partial charge in [0.2, 0.25) is 11.8 Å². The maximum absolute atomic E-state index is 13.7. The normalized spacial score (nSPS) is 22.5. The molecule has 1 N–H and O–H groups in total. The van der Waals surface area contributed by atoms with E-state index in [0.717, 1.165) is 25.7 Å². The van der Waals surface area contributed by atoms with Gasteiger partial charge in [-0.15, -0.1) is 11.6 Å². The number of fused-ring (bicyclic) bond motifs is 1. The van der Waals surface area contributed by atoms with Crippen molar-refractivity contribution in [2.75, 3.05) is 19.0 Å². The lowest BCUT2D eigenvalue weighted by Crippen LogP contribution is -2.51. The molecule has 1 saturated carbocycles. The van der Waals surface area contributed by atoms with Gasteiger partial charge in [-0.25, -0.2) is 4.39 Å². The fraction of sp³-hybridized carbons (Fsp3) is 0.462. The molecule has 0 bridgehead atoms. The first-order valence-corrected chi connectivity index (χ1v) is 12.3. The molecule has 6 nitrogen and oxygen atoms in total. The molecule has 0 spiro atoms. The first-order valence-electron chi connectivity index (χ1n) is 11.7. The summed E-state index contributed by atoms with van der Waals surface area (Å²) in [5.74, 6) is 0.426. The maximum atomic E-state index is 13.7. The van der Waals surface area contributed by atoms with Gasteiger partial charge in [-0.1, -0.05) is 31.2 Å². The van der Waals surface area contributed by atoms with Crippen molar-refractivity contribution in [3.8, 4) is 11.5 Å².